The first-order valence-corrected chi connectivity index (χ1v) is 7.72. The van der Waals surface area contributed by atoms with E-state index in [-0.39, 0.29) is 17.9 Å². The molecule has 7 nitrogen and oxygen atoms in total. The number of carbonyl (C=O) groups is 2. The molecule has 0 aliphatic rings. The van der Waals surface area contributed by atoms with Gasteiger partial charge in [0.15, 0.2) is 0 Å². The minimum atomic E-state index is -0.575. The SMILES string of the molecule is CC(C)c1cc(C(=O)NC(C)c2ccc(C(=O)NO)cc2)n(C)n1. The summed E-state index contributed by atoms with van der Waals surface area (Å²) in [6.45, 7) is 5.91. The number of amides is 2. The van der Waals surface area contributed by atoms with Gasteiger partial charge < -0.3 is 5.32 Å². The highest BCUT2D eigenvalue weighted by Crippen LogP contribution is 2.17. The zero-order valence-corrected chi connectivity index (χ0v) is 14.2. The summed E-state index contributed by atoms with van der Waals surface area (Å²) in [6.07, 6.45) is 0. The van der Waals surface area contributed by atoms with Gasteiger partial charge in [0.2, 0.25) is 0 Å². The standard InChI is InChI=1S/C17H22N4O3/c1-10(2)14-9-15(21(4)19-14)17(23)18-11(3)12-5-7-13(8-6-12)16(22)20-24/h5-11,24H,1-4H3,(H,18,23)(H,20,22). The van der Waals surface area contributed by atoms with Crippen molar-refractivity contribution < 1.29 is 14.8 Å². The largest absolute Gasteiger partial charge is 0.344 e. The summed E-state index contributed by atoms with van der Waals surface area (Å²) in [5, 5.41) is 15.9. The van der Waals surface area contributed by atoms with Crippen LogP contribution in [0.3, 0.4) is 0 Å². The number of aryl methyl sites for hydroxylation is 1. The van der Waals surface area contributed by atoms with Crippen molar-refractivity contribution in [1.29, 1.82) is 0 Å². The first-order valence-electron chi connectivity index (χ1n) is 7.72. The van der Waals surface area contributed by atoms with Gasteiger partial charge in [-0.25, -0.2) is 5.48 Å². The molecule has 1 aromatic heterocycles. The molecular weight excluding hydrogens is 308 g/mol. The monoisotopic (exact) mass is 330 g/mol. The van der Waals surface area contributed by atoms with Gasteiger partial charge in [0.05, 0.1) is 11.7 Å². The molecule has 1 heterocycles. The van der Waals surface area contributed by atoms with Gasteiger partial charge in [0, 0.05) is 12.6 Å². The lowest BCUT2D eigenvalue weighted by atomic mass is 10.1. The van der Waals surface area contributed by atoms with Crippen LogP contribution >= 0.6 is 0 Å². The normalized spacial score (nSPS) is 12.1. The van der Waals surface area contributed by atoms with Crippen molar-refractivity contribution in [3.05, 3.63) is 52.8 Å². The van der Waals surface area contributed by atoms with Crippen molar-refractivity contribution in [3.63, 3.8) is 0 Å². The van der Waals surface area contributed by atoms with E-state index in [1.807, 2.05) is 20.8 Å². The second kappa shape index (κ2) is 7.27. The molecule has 2 aromatic rings. The summed E-state index contributed by atoms with van der Waals surface area (Å²) in [5.41, 5.74) is 4.15. The molecule has 1 aromatic carbocycles. The van der Waals surface area contributed by atoms with Crippen LogP contribution in [-0.2, 0) is 7.05 Å². The molecule has 1 atom stereocenters. The Morgan fingerprint density at radius 2 is 1.75 bits per heavy atom. The molecule has 2 rings (SSSR count). The Hall–Kier alpha value is -2.67. The number of carbonyl (C=O) groups excluding carboxylic acids is 2. The number of nitrogens with zero attached hydrogens (tertiary/aromatic N) is 2. The van der Waals surface area contributed by atoms with Crippen molar-refractivity contribution in [1.82, 2.24) is 20.6 Å². The Morgan fingerprint density at radius 1 is 1.12 bits per heavy atom. The minimum absolute atomic E-state index is 0.207. The fourth-order valence-electron chi connectivity index (χ4n) is 2.33. The van der Waals surface area contributed by atoms with Crippen molar-refractivity contribution >= 4 is 11.8 Å². The van der Waals surface area contributed by atoms with Crippen molar-refractivity contribution in [2.45, 2.75) is 32.7 Å². The number of hydrogen-bond acceptors (Lipinski definition) is 4. The Morgan fingerprint density at radius 3 is 2.25 bits per heavy atom. The maximum absolute atomic E-state index is 12.4. The molecule has 128 valence electrons. The van der Waals surface area contributed by atoms with Crippen LogP contribution in [0.25, 0.3) is 0 Å². The van der Waals surface area contributed by atoms with E-state index in [0.29, 0.717) is 11.3 Å². The van der Waals surface area contributed by atoms with Gasteiger partial charge in [0.25, 0.3) is 11.8 Å². The quantitative estimate of drug-likeness (QED) is 0.578. The molecule has 0 aliphatic carbocycles. The summed E-state index contributed by atoms with van der Waals surface area (Å²) in [5.74, 6) is -0.531. The summed E-state index contributed by atoms with van der Waals surface area (Å²) in [7, 11) is 1.74. The summed E-state index contributed by atoms with van der Waals surface area (Å²) in [4.78, 5) is 23.7. The van der Waals surface area contributed by atoms with E-state index in [1.165, 1.54) is 0 Å². The first-order chi connectivity index (χ1) is 11.3. The van der Waals surface area contributed by atoms with Crippen LogP contribution in [0.5, 0.6) is 0 Å². The Bertz CT molecular complexity index is 735. The lowest BCUT2D eigenvalue weighted by Crippen LogP contribution is -2.28. The van der Waals surface area contributed by atoms with Gasteiger partial charge in [-0.15, -0.1) is 0 Å². The number of rotatable bonds is 5. The summed E-state index contributed by atoms with van der Waals surface area (Å²) < 4.78 is 1.58. The average molecular weight is 330 g/mol. The van der Waals surface area contributed by atoms with Crippen LogP contribution in [0.4, 0.5) is 0 Å². The van der Waals surface area contributed by atoms with Crippen molar-refractivity contribution in [2.75, 3.05) is 0 Å². The van der Waals surface area contributed by atoms with E-state index in [1.54, 1.807) is 47.5 Å². The topological polar surface area (TPSA) is 96.3 Å². The van der Waals surface area contributed by atoms with E-state index in [9.17, 15) is 9.59 Å². The summed E-state index contributed by atoms with van der Waals surface area (Å²) >= 11 is 0. The second-order valence-corrected chi connectivity index (χ2v) is 5.99. The van der Waals surface area contributed by atoms with E-state index < -0.39 is 5.91 Å². The van der Waals surface area contributed by atoms with Crippen LogP contribution in [0.1, 0.15) is 64.8 Å². The summed E-state index contributed by atoms with van der Waals surface area (Å²) in [6, 6.07) is 8.20. The fourth-order valence-corrected chi connectivity index (χ4v) is 2.33. The molecule has 2 amide bonds. The van der Waals surface area contributed by atoms with Gasteiger partial charge in [-0.2, -0.15) is 5.10 Å². The van der Waals surface area contributed by atoms with E-state index in [4.69, 9.17) is 5.21 Å². The highest BCUT2D eigenvalue weighted by atomic mass is 16.5. The third-order valence-corrected chi connectivity index (χ3v) is 3.84. The maximum atomic E-state index is 12.4. The molecule has 0 saturated heterocycles. The molecule has 0 radical (unpaired) electrons. The second-order valence-electron chi connectivity index (χ2n) is 5.99. The van der Waals surface area contributed by atoms with E-state index in [0.717, 1.165) is 11.3 Å². The molecule has 0 bridgehead atoms. The van der Waals surface area contributed by atoms with Gasteiger partial charge in [-0.1, -0.05) is 26.0 Å². The predicted molar refractivity (Wildman–Crippen MR) is 88.9 cm³/mol. The highest BCUT2D eigenvalue weighted by molar-refractivity contribution is 5.94. The van der Waals surface area contributed by atoms with Crippen LogP contribution in [0, 0.1) is 0 Å². The number of nitrogens with one attached hydrogen (secondary N) is 2. The molecule has 0 saturated carbocycles. The Kier molecular flexibility index (Phi) is 5.35. The minimum Gasteiger partial charge on any atom is -0.344 e. The van der Waals surface area contributed by atoms with Gasteiger partial charge >= 0.3 is 0 Å². The molecule has 0 spiro atoms. The Balaban J connectivity index is 2.10. The van der Waals surface area contributed by atoms with Crippen LogP contribution in [-0.4, -0.2) is 26.8 Å². The molecule has 3 N–H and O–H groups in total. The maximum Gasteiger partial charge on any atom is 0.274 e. The zero-order chi connectivity index (χ0) is 17.9. The number of aromatic nitrogens is 2. The van der Waals surface area contributed by atoms with E-state index >= 15 is 0 Å². The molecular formula is C17H22N4O3. The van der Waals surface area contributed by atoms with Crippen LogP contribution in [0.2, 0.25) is 0 Å². The average Bonchev–Trinajstić information content (AvgIpc) is 2.96. The van der Waals surface area contributed by atoms with Crippen molar-refractivity contribution in [2.24, 2.45) is 7.05 Å². The van der Waals surface area contributed by atoms with Crippen LogP contribution in [0.15, 0.2) is 30.3 Å². The third-order valence-electron chi connectivity index (χ3n) is 3.84. The lowest BCUT2D eigenvalue weighted by Gasteiger charge is -2.14. The lowest BCUT2D eigenvalue weighted by molar-refractivity contribution is 0.0706. The first kappa shape index (κ1) is 17.7. The molecule has 7 heteroatoms. The number of hydrogen-bond donors (Lipinski definition) is 3. The fraction of sp³-hybridized carbons (Fsp3) is 0.353. The van der Waals surface area contributed by atoms with Gasteiger partial charge in [-0.05, 0) is 36.6 Å². The Labute approximate surface area is 140 Å². The smallest absolute Gasteiger partial charge is 0.274 e. The third kappa shape index (κ3) is 3.80. The highest BCUT2D eigenvalue weighted by Gasteiger charge is 2.17. The van der Waals surface area contributed by atoms with Crippen molar-refractivity contribution in [3.8, 4) is 0 Å². The molecule has 0 aliphatic heterocycles. The zero-order valence-electron chi connectivity index (χ0n) is 14.2. The molecule has 1 unspecified atom stereocenters. The number of hydroxylamine groups is 1. The van der Waals surface area contributed by atoms with Gasteiger partial charge in [-0.3, -0.25) is 19.5 Å². The van der Waals surface area contributed by atoms with E-state index in [2.05, 4.69) is 10.4 Å². The number of benzene rings is 1. The van der Waals surface area contributed by atoms with Crippen LogP contribution < -0.4 is 10.8 Å². The van der Waals surface area contributed by atoms with Gasteiger partial charge in [0.1, 0.15) is 5.69 Å². The molecule has 0 fully saturated rings. The molecule has 24 heavy (non-hydrogen) atoms. The predicted octanol–water partition coefficient (Wildman–Crippen LogP) is 2.15.